The number of esters is 1. The van der Waals surface area contributed by atoms with Gasteiger partial charge in [-0.1, -0.05) is 18.2 Å². The van der Waals surface area contributed by atoms with Crippen LogP contribution >= 0.6 is 0 Å². The molecule has 0 spiro atoms. The van der Waals surface area contributed by atoms with Crippen LogP contribution < -0.4 is 9.46 Å². The quantitative estimate of drug-likeness (QED) is 0.398. The van der Waals surface area contributed by atoms with Crippen molar-refractivity contribution in [2.75, 3.05) is 18.4 Å². The van der Waals surface area contributed by atoms with E-state index >= 15 is 0 Å². The van der Waals surface area contributed by atoms with Crippen LogP contribution in [0.3, 0.4) is 0 Å². The predicted octanol–water partition coefficient (Wildman–Crippen LogP) is 4.02. The summed E-state index contributed by atoms with van der Waals surface area (Å²) < 4.78 is 41.1. The van der Waals surface area contributed by atoms with Crippen molar-refractivity contribution in [1.82, 2.24) is 14.8 Å². The summed E-state index contributed by atoms with van der Waals surface area (Å²) >= 11 is 0. The van der Waals surface area contributed by atoms with Gasteiger partial charge in [0, 0.05) is 5.39 Å². The zero-order valence-electron chi connectivity index (χ0n) is 19.2. The van der Waals surface area contributed by atoms with E-state index in [2.05, 4.69) is 14.8 Å². The molecule has 0 saturated carbocycles. The van der Waals surface area contributed by atoms with Crippen LogP contribution in [0.2, 0.25) is 0 Å². The lowest BCUT2D eigenvalue weighted by atomic mass is 10.1. The Hall–Kier alpha value is -3.92. The highest BCUT2D eigenvalue weighted by atomic mass is 32.2. The van der Waals surface area contributed by atoms with Crippen LogP contribution in [0.1, 0.15) is 28.4 Å². The molecule has 0 radical (unpaired) electrons. The fraction of sp³-hybridized carbons (Fsp3) is 0.208. The van der Waals surface area contributed by atoms with Gasteiger partial charge in [-0.05, 0) is 62.2 Å². The first kappa shape index (κ1) is 23.2. The standard InChI is InChI=1S/C24H24N4O5S/c1-5-33-24(29)18-14-25-28(22-11-10-17-8-6-7-9-19(17)26-22)23(18)27-34(30,31)21-13-16(3)15(2)12-20(21)32-4/h6-14,27H,5H2,1-4H3. The molecule has 0 bridgehead atoms. The first-order chi connectivity index (χ1) is 16.2. The van der Waals surface area contributed by atoms with E-state index in [1.807, 2.05) is 37.3 Å². The third-order valence-electron chi connectivity index (χ3n) is 5.37. The number of ether oxygens (including phenoxy) is 2. The highest BCUT2D eigenvalue weighted by Crippen LogP contribution is 2.31. The van der Waals surface area contributed by atoms with Gasteiger partial charge in [-0.25, -0.2) is 18.2 Å². The second kappa shape index (κ2) is 9.14. The number of rotatable bonds is 7. The van der Waals surface area contributed by atoms with E-state index in [0.717, 1.165) is 16.5 Å². The average molecular weight is 481 g/mol. The van der Waals surface area contributed by atoms with Crippen LogP contribution in [0.5, 0.6) is 5.75 Å². The van der Waals surface area contributed by atoms with Gasteiger partial charge in [-0.15, -0.1) is 0 Å². The SMILES string of the molecule is CCOC(=O)c1cnn(-c2ccc3ccccc3n2)c1NS(=O)(=O)c1cc(C)c(C)cc1OC. The van der Waals surface area contributed by atoms with E-state index in [1.54, 1.807) is 26.0 Å². The number of hydrogen-bond acceptors (Lipinski definition) is 7. The van der Waals surface area contributed by atoms with E-state index in [-0.39, 0.29) is 28.6 Å². The van der Waals surface area contributed by atoms with Gasteiger partial charge in [-0.2, -0.15) is 9.78 Å². The van der Waals surface area contributed by atoms with Gasteiger partial charge in [0.25, 0.3) is 10.0 Å². The highest BCUT2D eigenvalue weighted by molar-refractivity contribution is 7.92. The Morgan fingerprint density at radius 3 is 2.56 bits per heavy atom. The summed E-state index contributed by atoms with van der Waals surface area (Å²) in [6.07, 6.45) is 1.25. The summed E-state index contributed by atoms with van der Waals surface area (Å²) in [6, 6.07) is 14.2. The van der Waals surface area contributed by atoms with Gasteiger partial charge in [0.05, 0.1) is 25.4 Å². The molecule has 0 unspecified atom stereocenters. The molecule has 2 heterocycles. The van der Waals surface area contributed by atoms with Crippen molar-refractivity contribution in [3.05, 3.63) is 71.4 Å². The fourth-order valence-corrected chi connectivity index (χ4v) is 4.77. The Bertz CT molecular complexity index is 1490. The smallest absolute Gasteiger partial charge is 0.343 e. The molecule has 0 amide bonds. The Kier molecular flexibility index (Phi) is 6.25. The molecule has 176 valence electrons. The third-order valence-corrected chi connectivity index (χ3v) is 6.73. The Balaban J connectivity index is 1.86. The number of nitrogens with zero attached hydrogens (tertiary/aromatic N) is 3. The number of para-hydroxylation sites is 1. The molecule has 1 N–H and O–H groups in total. The van der Waals surface area contributed by atoms with Gasteiger partial charge in [0.1, 0.15) is 16.2 Å². The maximum absolute atomic E-state index is 13.5. The summed E-state index contributed by atoms with van der Waals surface area (Å²) in [5, 5.41) is 5.15. The van der Waals surface area contributed by atoms with Crippen LogP contribution in [0.15, 0.2) is 59.6 Å². The number of nitrogens with one attached hydrogen (secondary N) is 1. The molecule has 0 aliphatic carbocycles. The van der Waals surface area contributed by atoms with Crippen molar-refractivity contribution >= 4 is 32.7 Å². The largest absolute Gasteiger partial charge is 0.495 e. The van der Waals surface area contributed by atoms with Crippen LogP contribution in [0.4, 0.5) is 5.82 Å². The van der Waals surface area contributed by atoms with Gasteiger partial charge in [-0.3, -0.25) is 4.72 Å². The van der Waals surface area contributed by atoms with Gasteiger partial charge in [0.15, 0.2) is 11.6 Å². The van der Waals surface area contributed by atoms with Crippen molar-refractivity contribution in [3.8, 4) is 11.6 Å². The number of anilines is 1. The number of sulfonamides is 1. The van der Waals surface area contributed by atoms with Crippen molar-refractivity contribution in [3.63, 3.8) is 0 Å². The molecule has 34 heavy (non-hydrogen) atoms. The topological polar surface area (TPSA) is 112 Å². The lowest BCUT2D eigenvalue weighted by Gasteiger charge is -2.15. The van der Waals surface area contributed by atoms with E-state index in [1.165, 1.54) is 24.1 Å². The second-order valence-corrected chi connectivity index (χ2v) is 9.24. The minimum atomic E-state index is -4.18. The van der Waals surface area contributed by atoms with E-state index in [4.69, 9.17) is 9.47 Å². The number of methoxy groups -OCH3 is 1. The molecule has 4 aromatic rings. The van der Waals surface area contributed by atoms with Crippen LogP contribution in [0.25, 0.3) is 16.7 Å². The maximum Gasteiger partial charge on any atom is 0.343 e. The van der Waals surface area contributed by atoms with Crippen LogP contribution in [0, 0.1) is 13.8 Å². The first-order valence-corrected chi connectivity index (χ1v) is 12.0. The van der Waals surface area contributed by atoms with E-state index in [9.17, 15) is 13.2 Å². The average Bonchev–Trinajstić information content (AvgIpc) is 3.23. The predicted molar refractivity (Wildman–Crippen MR) is 128 cm³/mol. The van der Waals surface area contributed by atoms with Gasteiger partial charge < -0.3 is 9.47 Å². The molecule has 0 aliphatic rings. The van der Waals surface area contributed by atoms with Crippen molar-refractivity contribution < 1.29 is 22.7 Å². The fourth-order valence-electron chi connectivity index (χ4n) is 3.47. The molecule has 0 fully saturated rings. The lowest BCUT2D eigenvalue weighted by molar-refractivity contribution is 0.0527. The summed E-state index contributed by atoms with van der Waals surface area (Å²) in [7, 11) is -2.78. The minimum Gasteiger partial charge on any atom is -0.495 e. The summed E-state index contributed by atoms with van der Waals surface area (Å²) in [6.45, 7) is 5.45. The Morgan fingerprint density at radius 2 is 1.82 bits per heavy atom. The number of hydrogen-bond donors (Lipinski definition) is 1. The molecule has 0 aliphatic heterocycles. The maximum atomic E-state index is 13.5. The highest BCUT2D eigenvalue weighted by Gasteiger charge is 2.28. The normalized spacial score (nSPS) is 11.4. The molecule has 4 rings (SSSR count). The molecular formula is C24H24N4O5S. The number of carbonyl (C=O) groups is 1. The third kappa shape index (κ3) is 4.32. The molecule has 2 aromatic heterocycles. The Labute approximate surface area is 197 Å². The number of pyridine rings is 1. The molecule has 2 aromatic carbocycles. The summed E-state index contributed by atoms with van der Waals surface area (Å²) in [4.78, 5) is 17.1. The molecule has 9 nitrogen and oxygen atoms in total. The number of aryl methyl sites for hydroxylation is 2. The van der Waals surface area contributed by atoms with Gasteiger partial charge in [0.2, 0.25) is 0 Å². The summed E-state index contributed by atoms with van der Waals surface area (Å²) in [5.74, 6) is -0.275. The zero-order chi connectivity index (χ0) is 24.5. The molecule has 0 atom stereocenters. The monoisotopic (exact) mass is 480 g/mol. The Morgan fingerprint density at radius 1 is 1.09 bits per heavy atom. The second-order valence-electron chi connectivity index (χ2n) is 7.59. The van der Waals surface area contributed by atoms with Crippen LogP contribution in [-0.2, 0) is 14.8 Å². The number of carbonyl (C=O) groups excluding carboxylic acids is 1. The molecule has 10 heteroatoms. The zero-order valence-corrected chi connectivity index (χ0v) is 20.0. The minimum absolute atomic E-state index is 0.0387. The van der Waals surface area contributed by atoms with Crippen molar-refractivity contribution in [2.45, 2.75) is 25.7 Å². The summed E-state index contributed by atoms with van der Waals surface area (Å²) in [5.41, 5.74) is 2.31. The van der Waals surface area contributed by atoms with E-state index < -0.39 is 16.0 Å². The number of aromatic nitrogens is 3. The molecular weight excluding hydrogens is 456 g/mol. The number of benzene rings is 2. The van der Waals surface area contributed by atoms with Crippen molar-refractivity contribution in [2.24, 2.45) is 0 Å². The lowest BCUT2D eigenvalue weighted by Crippen LogP contribution is -2.20. The van der Waals surface area contributed by atoms with Crippen molar-refractivity contribution in [1.29, 1.82) is 0 Å². The number of fused-ring (bicyclic) bond motifs is 1. The first-order valence-electron chi connectivity index (χ1n) is 10.5. The van der Waals surface area contributed by atoms with E-state index in [0.29, 0.717) is 11.3 Å². The van der Waals surface area contributed by atoms with Gasteiger partial charge >= 0.3 is 5.97 Å². The van der Waals surface area contributed by atoms with Crippen LogP contribution in [-0.4, -0.2) is 42.9 Å². The molecule has 0 saturated heterocycles.